The molecule has 3 aliphatic rings. The average molecular weight is 657 g/mol. The molecule has 9 nitrogen and oxygen atoms in total. The highest BCUT2D eigenvalue weighted by Gasteiger charge is 2.29. The standard InChI is InChI=1S/C37H44N4O3.O2S/c1-27-4-8-30(9-5-27)36(43)31-16-22-41(23-17-31)37(44)34-13-10-32(25-38-34)35(42)24-28-14-20-39(21-15-28)26-29-6-11-33(12-7-29)40-18-2-3-19-40;1-3-2/h4-13,25,28,31H,2-3,14-24,26H2,1H3;. The Kier molecular flexibility index (Phi) is 12.2. The number of ketones is 2. The van der Waals surface area contributed by atoms with E-state index in [9.17, 15) is 14.4 Å². The fraction of sp³-hybridized carbons (Fsp3) is 0.459. The number of hydrogen-bond acceptors (Lipinski definition) is 8. The summed E-state index contributed by atoms with van der Waals surface area (Å²) in [5.41, 5.74) is 5.49. The molecule has 3 fully saturated rings. The van der Waals surface area contributed by atoms with Crippen LogP contribution in [-0.2, 0) is 18.1 Å². The van der Waals surface area contributed by atoms with E-state index in [2.05, 4.69) is 39.0 Å². The summed E-state index contributed by atoms with van der Waals surface area (Å²) in [5.74, 6) is 0.437. The Hall–Kier alpha value is -4.02. The Bertz CT molecular complexity index is 1530. The smallest absolute Gasteiger partial charge is 0.335 e. The minimum Gasteiger partial charge on any atom is -0.372 e. The molecule has 0 spiro atoms. The van der Waals surface area contributed by atoms with Gasteiger partial charge < -0.3 is 9.80 Å². The average Bonchev–Trinajstić information content (AvgIpc) is 3.65. The Morgan fingerprint density at radius 1 is 0.766 bits per heavy atom. The molecule has 4 heterocycles. The van der Waals surface area contributed by atoms with Crippen LogP contribution < -0.4 is 4.90 Å². The molecule has 0 bridgehead atoms. The predicted octanol–water partition coefficient (Wildman–Crippen LogP) is 5.54. The molecule has 0 N–H and O–H groups in total. The van der Waals surface area contributed by atoms with Crippen LogP contribution in [0.4, 0.5) is 5.69 Å². The van der Waals surface area contributed by atoms with E-state index >= 15 is 0 Å². The molecule has 3 aromatic rings. The summed E-state index contributed by atoms with van der Waals surface area (Å²) in [6, 6.07) is 20.2. The van der Waals surface area contributed by atoms with Gasteiger partial charge in [0, 0.05) is 68.1 Å². The quantitative estimate of drug-likeness (QED) is 0.277. The summed E-state index contributed by atoms with van der Waals surface area (Å²) in [7, 11) is 0. The van der Waals surface area contributed by atoms with E-state index in [4.69, 9.17) is 8.42 Å². The number of rotatable bonds is 9. The fourth-order valence-electron chi connectivity index (χ4n) is 6.92. The van der Waals surface area contributed by atoms with Gasteiger partial charge in [0.25, 0.3) is 5.91 Å². The van der Waals surface area contributed by atoms with E-state index in [-0.39, 0.29) is 23.4 Å². The van der Waals surface area contributed by atoms with Gasteiger partial charge in [0.05, 0.1) is 0 Å². The minimum atomic E-state index is -0.750. The summed E-state index contributed by atoms with van der Waals surface area (Å²) in [4.78, 5) is 50.2. The topological polar surface area (TPSA) is 108 Å². The second-order valence-corrected chi connectivity index (χ2v) is 13.1. The molecule has 0 saturated carbocycles. The second kappa shape index (κ2) is 16.7. The Morgan fingerprint density at radius 3 is 1.98 bits per heavy atom. The van der Waals surface area contributed by atoms with Crippen molar-refractivity contribution in [2.24, 2.45) is 11.8 Å². The second-order valence-electron chi connectivity index (χ2n) is 13.0. The van der Waals surface area contributed by atoms with Gasteiger partial charge in [0.1, 0.15) is 5.69 Å². The number of aryl methyl sites for hydroxylation is 1. The molecular formula is C37H44N4O5S. The maximum absolute atomic E-state index is 13.1. The van der Waals surface area contributed by atoms with Crippen molar-refractivity contribution in [1.82, 2.24) is 14.8 Å². The minimum absolute atomic E-state index is 0.0623. The van der Waals surface area contributed by atoms with Crippen molar-refractivity contribution in [2.75, 3.05) is 44.2 Å². The molecule has 3 saturated heterocycles. The van der Waals surface area contributed by atoms with Crippen molar-refractivity contribution >= 4 is 34.7 Å². The lowest BCUT2D eigenvalue weighted by Gasteiger charge is -2.32. The van der Waals surface area contributed by atoms with Gasteiger partial charge in [-0.1, -0.05) is 42.0 Å². The normalized spacial score (nSPS) is 17.6. The molecule has 2 aromatic carbocycles. The van der Waals surface area contributed by atoms with Gasteiger partial charge in [-0.05, 0) is 94.3 Å². The molecule has 0 radical (unpaired) electrons. The van der Waals surface area contributed by atoms with Gasteiger partial charge in [-0.25, -0.2) is 0 Å². The highest BCUT2D eigenvalue weighted by atomic mass is 32.1. The SMILES string of the molecule is Cc1ccc(C(=O)C2CCN(C(=O)c3ccc(C(=O)CC4CCN(Cc5ccc(N6CCCC6)cc5)CC4)cn3)CC2)cc1.O=S=O. The predicted molar refractivity (Wildman–Crippen MR) is 182 cm³/mol. The van der Waals surface area contributed by atoms with Crippen LogP contribution in [0.2, 0.25) is 0 Å². The van der Waals surface area contributed by atoms with Crippen LogP contribution in [0.15, 0.2) is 66.9 Å². The van der Waals surface area contributed by atoms with Crippen molar-refractivity contribution < 1.29 is 22.8 Å². The summed E-state index contributed by atoms with van der Waals surface area (Å²) in [5, 5.41) is 0. The monoisotopic (exact) mass is 656 g/mol. The first kappa shape index (κ1) is 34.3. The van der Waals surface area contributed by atoms with E-state index in [0.717, 1.165) is 43.6 Å². The highest BCUT2D eigenvalue weighted by molar-refractivity contribution is 7.51. The largest absolute Gasteiger partial charge is 0.372 e. The Labute approximate surface area is 281 Å². The molecule has 248 valence electrons. The zero-order chi connectivity index (χ0) is 33.2. The summed E-state index contributed by atoms with van der Waals surface area (Å²) in [6.07, 6.45) is 8.01. The number of Topliss-reactive ketones (excluding diaryl/α,β-unsaturated/α-hetero) is 2. The molecule has 0 atom stereocenters. The molecule has 3 aliphatic heterocycles. The molecule has 10 heteroatoms. The summed E-state index contributed by atoms with van der Waals surface area (Å²) >= 11 is -0.750. The van der Waals surface area contributed by atoms with E-state index in [0.29, 0.717) is 49.5 Å². The van der Waals surface area contributed by atoms with Gasteiger partial charge in [-0.15, -0.1) is 0 Å². The number of piperidine rings is 2. The zero-order valence-electron chi connectivity index (χ0n) is 27.1. The first-order chi connectivity index (χ1) is 22.8. The van der Waals surface area contributed by atoms with Crippen LogP contribution >= 0.6 is 0 Å². The molecule has 0 unspecified atom stereocenters. The van der Waals surface area contributed by atoms with Gasteiger partial charge in [-0.2, -0.15) is 8.42 Å². The van der Waals surface area contributed by atoms with Crippen LogP contribution in [0, 0.1) is 18.8 Å². The van der Waals surface area contributed by atoms with Crippen molar-refractivity contribution in [3.05, 3.63) is 94.8 Å². The maximum Gasteiger partial charge on any atom is 0.335 e. The number of aromatic nitrogens is 1. The number of amides is 1. The van der Waals surface area contributed by atoms with Crippen LogP contribution in [-0.4, -0.2) is 79.9 Å². The molecule has 6 rings (SSSR count). The molecule has 47 heavy (non-hydrogen) atoms. The summed E-state index contributed by atoms with van der Waals surface area (Å²) in [6.45, 7) is 8.38. The number of anilines is 1. The van der Waals surface area contributed by atoms with Crippen LogP contribution in [0.3, 0.4) is 0 Å². The third-order valence-electron chi connectivity index (χ3n) is 9.79. The Morgan fingerprint density at radius 2 is 1.38 bits per heavy atom. The first-order valence-electron chi connectivity index (χ1n) is 16.7. The third-order valence-corrected chi connectivity index (χ3v) is 9.79. The maximum atomic E-state index is 13.1. The lowest BCUT2D eigenvalue weighted by Crippen LogP contribution is -2.40. The lowest BCUT2D eigenvalue weighted by molar-refractivity contribution is 0.0645. The number of carbonyl (C=O) groups is 3. The van der Waals surface area contributed by atoms with E-state index in [1.165, 1.54) is 37.2 Å². The van der Waals surface area contributed by atoms with E-state index in [1.807, 2.05) is 31.2 Å². The van der Waals surface area contributed by atoms with Crippen molar-refractivity contribution in [1.29, 1.82) is 0 Å². The number of carbonyl (C=O) groups excluding carboxylic acids is 3. The lowest BCUT2D eigenvalue weighted by atomic mass is 9.88. The zero-order valence-corrected chi connectivity index (χ0v) is 28.0. The third kappa shape index (κ3) is 9.29. The molecular weight excluding hydrogens is 612 g/mol. The van der Waals surface area contributed by atoms with Crippen LogP contribution in [0.1, 0.15) is 87.3 Å². The molecule has 0 aliphatic carbocycles. The van der Waals surface area contributed by atoms with Crippen molar-refractivity contribution in [3.8, 4) is 0 Å². The van der Waals surface area contributed by atoms with Gasteiger partial charge in [0.2, 0.25) is 0 Å². The van der Waals surface area contributed by atoms with Crippen molar-refractivity contribution in [3.63, 3.8) is 0 Å². The summed E-state index contributed by atoms with van der Waals surface area (Å²) < 4.78 is 16.6. The number of pyridine rings is 1. The number of nitrogens with zero attached hydrogens (tertiary/aromatic N) is 4. The van der Waals surface area contributed by atoms with Gasteiger partial charge >= 0.3 is 11.6 Å². The van der Waals surface area contributed by atoms with Gasteiger partial charge in [0.15, 0.2) is 11.6 Å². The van der Waals surface area contributed by atoms with Gasteiger partial charge in [-0.3, -0.25) is 24.3 Å². The number of hydrogen-bond donors (Lipinski definition) is 0. The number of benzene rings is 2. The first-order valence-corrected chi connectivity index (χ1v) is 17.4. The molecule has 1 amide bonds. The fourth-order valence-corrected chi connectivity index (χ4v) is 6.92. The molecule has 1 aromatic heterocycles. The van der Waals surface area contributed by atoms with E-state index in [1.54, 1.807) is 23.2 Å². The van der Waals surface area contributed by atoms with E-state index < -0.39 is 11.6 Å². The van der Waals surface area contributed by atoms with Crippen molar-refractivity contribution in [2.45, 2.75) is 58.4 Å². The highest BCUT2D eigenvalue weighted by Crippen LogP contribution is 2.26. The Balaban J connectivity index is 0.00000139. The number of likely N-dealkylation sites (tertiary alicyclic amines) is 2. The van der Waals surface area contributed by atoms with Crippen LogP contribution in [0.5, 0.6) is 0 Å². The van der Waals surface area contributed by atoms with Crippen LogP contribution in [0.25, 0.3) is 0 Å².